The van der Waals surface area contributed by atoms with E-state index in [2.05, 4.69) is 0 Å². The predicted octanol–water partition coefficient (Wildman–Crippen LogP) is 4.69. The number of esters is 1. The molecule has 1 aromatic heterocycles. The van der Waals surface area contributed by atoms with E-state index in [1.54, 1.807) is 48.5 Å². The van der Waals surface area contributed by atoms with Crippen LogP contribution in [-0.4, -0.2) is 25.5 Å². The van der Waals surface area contributed by atoms with Crippen LogP contribution in [0.1, 0.15) is 30.7 Å². The van der Waals surface area contributed by atoms with Gasteiger partial charge in [-0.2, -0.15) is 0 Å². The summed E-state index contributed by atoms with van der Waals surface area (Å²) in [6, 6.07) is 11.7. The van der Waals surface area contributed by atoms with Gasteiger partial charge in [0, 0.05) is 21.4 Å². The number of rotatable bonds is 3. The van der Waals surface area contributed by atoms with Crippen LogP contribution in [-0.2, 0) is 25.0 Å². The molecular weight excluding hydrogens is 410 g/mol. The highest BCUT2D eigenvalue weighted by atomic mass is 35.5. The molecule has 4 rings (SSSR count). The van der Waals surface area contributed by atoms with Gasteiger partial charge in [-0.1, -0.05) is 55.3 Å². The van der Waals surface area contributed by atoms with Crippen molar-refractivity contribution in [3.63, 3.8) is 0 Å². The lowest BCUT2D eigenvalue weighted by molar-refractivity contribution is -0.133. The standard InChI is InChI=1S/C22H20ClNO4S/c1-13-5-8-15(9-6-13)29(26,27)24-18-11-14(23)7-10-16(18)19-17(21(25)28-4)12-22(2,3)20(19)24/h5-12H,1-4H3. The summed E-state index contributed by atoms with van der Waals surface area (Å²) in [6.07, 6.45) is 1.76. The molecule has 1 aliphatic carbocycles. The van der Waals surface area contributed by atoms with Crippen molar-refractivity contribution in [1.82, 2.24) is 3.97 Å². The number of halogens is 1. The number of carbonyl (C=O) groups is 1. The molecule has 0 unspecified atom stereocenters. The third-order valence-corrected chi connectivity index (χ3v) is 7.20. The van der Waals surface area contributed by atoms with Gasteiger partial charge in [0.25, 0.3) is 10.0 Å². The van der Waals surface area contributed by atoms with E-state index in [9.17, 15) is 13.2 Å². The summed E-state index contributed by atoms with van der Waals surface area (Å²) in [5.41, 5.74) is 2.15. The number of hydrogen-bond donors (Lipinski definition) is 0. The van der Waals surface area contributed by atoms with E-state index in [0.717, 1.165) is 5.56 Å². The molecule has 5 nitrogen and oxygen atoms in total. The molecule has 0 saturated heterocycles. The van der Waals surface area contributed by atoms with Gasteiger partial charge in [0.2, 0.25) is 0 Å². The van der Waals surface area contributed by atoms with Crippen molar-refractivity contribution in [3.05, 3.63) is 70.4 Å². The van der Waals surface area contributed by atoms with Gasteiger partial charge in [0.15, 0.2) is 0 Å². The Morgan fingerprint density at radius 1 is 1.10 bits per heavy atom. The molecule has 0 atom stereocenters. The predicted molar refractivity (Wildman–Crippen MR) is 114 cm³/mol. The molecule has 0 saturated carbocycles. The van der Waals surface area contributed by atoms with Crippen LogP contribution < -0.4 is 0 Å². The van der Waals surface area contributed by atoms with Gasteiger partial charge < -0.3 is 4.74 Å². The number of benzene rings is 2. The van der Waals surface area contributed by atoms with Crippen molar-refractivity contribution >= 4 is 44.1 Å². The van der Waals surface area contributed by atoms with Crippen LogP contribution in [0.4, 0.5) is 0 Å². The number of carbonyl (C=O) groups excluding carboxylic acids is 1. The Kier molecular flexibility index (Phi) is 4.40. The average Bonchev–Trinajstić information content (AvgIpc) is 3.14. The molecule has 3 aromatic rings. The SMILES string of the molecule is COC(=O)C1=CC(C)(C)c2c1c1ccc(Cl)cc1n2S(=O)(=O)c1ccc(C)cc1. The maximum Gasteiger partial charge on any atom is 0.338 e. The van der Waals surface area contributed by atoms with E-state index in [0.29, 0.717) is 32.8 Å². The third kappa shape index (κ3) is 2.90. The quantitative estimate of drug-likeness (QED) is 0.566. The van der Waals surface area contributed by atoms with Gasteiger partial charge in [-0.25, -0.2) is 17.2 Å². The smallest absolute Gasteiger partial charge is 0.338 e. The third-order valence-electron chi connectivity index (χ3n) is 5.24. The zero-order valence-electron chi connectivity index (χ0n) is 16.5. The highest BCUT2D eigenvalue weighted by Gasteiger charge is 2.42. The van der Waals surface area contributed by atoms with Gasteiger partial charge >= 0.3 is 5.97 Å². The Bertz CT molecular complexity index is 1300. The van der Waals surface area contributed by atoms with Crippen molar-refractivity contribution in [3.8, 4) is 0 Å². The largest absolute Gasteiger partial charge is 0.465 e. The maximum absolute atomic E-state index is 13.7. The maximum atomic E-state index is 13.7. The first-order valence-corrected chi connectivity index (χ1v) is 10.9. The Labute approximate surface area is 174 Å². The molecule has 0 radical (unpaired) electrons. The molecule has 0 aliphatic heterocycles. The number of aryl methyl sites for hydroxylation is 1. The minimum absolute atomic E-state index is 0.171. The van der Waals surface area contributed by atoms with Gasteiger partial charge in [0.1, 0.15) is 0 Å². The van der Waals surface area contributed by atoms with Crippen LogP contribution in [0.2, 0.25) is 5.02 Å². The molecule has 0 N–H and O–H groups in total. The average molecular weight is 430 g/mol. The summed E-state index contributed by atoms with van der Waals surface area (Å²) >= 11 is 6.21. The van der Waals surface area contributed by atoms with Gasteiger partial charge in [-0.15, -0.1) is 0 Å². The normalized spacial score (nSPS) is 15.3. The van der Waals surface area contributed by atoms with Crippen molar-refractivity contribution in [2.45, 2.75) is 31.1 Å². The molecule has 0 amide bonds. The fourth-order valence-corrected chi connectivity index (χ4v) is 5.76. The summed E-state index contributed by atoms with van der Waals surface area (Å²) in [7, 11) is -2.62. The minimum Gasteiger partial charge on any atom is -0.465 e. The van der Waals surface area contributed by atoms with E-state index >= 15 is 0 Å². The molecule has 150 valence electrons. The number of hydrogen-bond acceptors (Lipinski definition) is 4. The molecular formula is C22H20ClNO4S. The number of nitrogens with zero attached hydrogens (tertiary/aromatic N) is 1. The topological polar surface area (TPSA) is 65.4 Å². The summed E-state index contributed by atoms with van der Waals surface area (Å²) in [6.45, 7) is 5.65. The Hall–Kier alpha value is -2.57. The Balaban J connectivity index is 2.14. The molecule has 0 fully saturated rings. The second kappa shape index (κ2) is 6.47. The highest BCUT2D eigenvalue weighted by Crippen LogP contribution is 2.47. The van der Waals surface area contributed by atoms with Gasteiger partial charge in [0.05, 0.1) is 28.8 Å². The van der Waals surface area contributed by atoms with E-state index in [1.165, 1.54) is 11.1 Å². The first-order chi connectivity index (χ1) is 13.6. The first-order valence-electron chi connectivity index (χ1n) is 9.06. The van der Waals surface area contributed by atoms with Crippen LogP contribution >= 0.6 is 11.6 Å². The van der Waals surface area contributed by atoms with E-state index in [4.69, 9.17) is 16.3 Å². The molecule has 0 spiro atoms. The highest BCUT2D eigenvalue weighted by molar-refractivity contribution is 7.90. The number of aromatic nitrogens is 1. The summed E-state index contributed by atoms with van der Waals surface area (Å²) < 4.78 is 33.7. The van der Waals surface area contributed by atoms with Crippen molar-refractivity contribution in [2.75, 3.05) is 7.11 Å². The zero-order chi connectivity index (χ0) is 21.1. The van der Waals surface area contributed by atoms with Crippen LogP contribution in [0.15, 0.2) is 53.4 Å². The van der Waals surface area contributed by atoms with Crippen LogP contribution in [0.5, 0.6) is 0 Å². The van der Waals surface area contributed by atoms with Gasteiger partial charge in [-0.05, 0) is 31.2 Å². The van der Waals surface area contributed by atoms with Crippen molar-refractivity contribution in [2.24, 2.45) is 0 Å². The van der Waals surface area contributed by atoms with Crippen LogP contribution in [0.3, 0.4) is 0 Å². The molecule has 0 bridgehead atoms. The molecule has 1 aliphatic rings. The summed E-state index contributed by atoms with van der Waals surface area (Å²) in [5.74, 6) is -0.501. The lowest BCUT2D eigenvalue weighted by Gasteiger charge is -2.21. The Morgan fingerprint density at radius 2 is 1.76 bits per heavy atom. The summed E-state index contributed by atoms with van der Waals surface area (Å²) in [5, 5.41) is 1.05. The zero-order valence-corrected chi connectivity index (χ0v) is 18.1. The van der Waals surface area contributed by atoms with Crippen LogP contribution in [0.25, 0.3) is 16.5 Å². The second-order valence-corrected chi connectivity index (χ2v) is 9.96. The molecule has 2 aromatic carbocycles. The molecule has 29 heavy (non-hydrogen) atoms. The van der Waals surface area contributed by atoms with Gasteiger partial charge in [-0.3, -0.25) is 0 Å². The fraction of sp³-hybridized carbons (Fsp3) is 0.227. The number of fused-ring (bicyclic) bond motifs is 3. The summed E-state index contributed by atoms with van der Waals surface area (Å²) in [4.78, 5) is 12.6. The van der Waals surface area contributed by atoms with Crippen molar-refractivity contribution < 1.29 is 17.9 Å². The monoisotopic (exact) mass is 429 g/mol. The van der Waals surface area contributed by atoms with E-state index in [1.807, 2.05) is 20.8 Å². The number of methoxy groups -OCH3 is 1. The minimum atomic E-state index is -3.94. The van der Waals surface area contributed by atoms with E-state index in [-0.39, 0.29) is 4.90 Å². The first kappa shape index (κ1) is 19.7. The van der Waals surface area contributed by atoms with Crippen molar-refractivity contribution in [1.29, 1.82) is 0 Å². The van der Waals surface area contributed by atoms with E-state index < -0.39 is 21.4 Å². The molecule has 7 heteroatoms. The number of ether oxygens (including phenoxy) is 1. The van der Waals surface area contributed by atoms with Crippen LogP contribution in [0, 0.1) is 6.92 Å². The Morgan fingerprint density at radius 3 is 2.38 bits per heavy atom. The number of allylic oxidation sites excluding steroid dienone is 1. The fourth-order valence-electron chi connectivity index (χ4n) is 3.93. The lowest BCUT2D eigenvalue weighted by atomic mass is 9.92. The second-order valence-electron chi connectivity index (χ2n) is 7.74. The molecule has 1 heterocycles. The lowest BCUT2D eigenvalue weighted by Crippen LogP contribution is -2.23.